The largest absolute Gasteiger partial charge is 0.299 e. The van der Waals surface area contributed by atoms with Gasteiger partial charge in [0.2, 0.25) is 0 Å². The van der Waals surface area contributed by atoms with Gasteiger partial charge in [0, 0.05) is 11.8 Å². The molecule has 2 aliphatic rings. The minimum absolute atomic E-state index is 0.0328. The summed E-state index contributed by atoms with van der Waals surface area (Å²) in [6, 6.07) is 0. The molecule has 0 aromatic rings. The van der Waals surface area contributed by atoms with Crippen LogP contribution in [0.1, 0.15) is 38.5 Å². The van der Waals surface area contributed by atoms with Crippen LogP contribution in [0, 0.1) is 11.3 Å². The summed E-state index contributed by atoms with van der Waals surface area (Å²) in [7, 11) is 0. The Hall–Kier alpha value is 0.370. The molecule has 1 nitrogen and oxygen atoms in total. The van der Waals surface area contributed by atoms with Crippen LogP contribution in [-0.2, 0) is 4.79 Å². The monoisotopic (exact) mass is 320 g/mol. The lowest BCUT2D eigenvalue weighted by Gasteiger charge is -2.49. The van der Waals surface area contributed by atoms with E-state index in [9.17, 15) is 4.79 Å². The van der Waals surface area contributed by atoms with Gasteiger partial charge < -0.3 is 0 Å². The van der Waals surface area contributed by atoms with Crippen molar-refractivity contribution in [1.82, 2.24) is 0 Å². The molecule has 14 heavy (non-hydrogen) atoms. The Morgan fingerprint density at radius 1 is 1.29 bits per heavy atom. The number of carbonyl (C=O) groups excluding carboxylic acids is 1. The third-order valence-corrected chi connectivity index (χ3v) is 4.27. The van der Waals surface area contributed by atoms with Crippen molar-refractivity contribution in [2.45, 2.75) is 38.5 Å². The molecule has 0 aromatic heterocycles. The molecule has 0 saturated heterocycles. The van der Waals surface area contributed by atoms with E-state index in [0.717, 1.165) is 22.7 Å². The van der Waals surface area contributed by atoms with Crippen molar-refractivity contribution in [3.05, 3.63) is 9.47 Å². The first kappa shape index (κ1) is 10.9. The fourth-order valence-electron chi connectivity index (χ4n) is 2.88. The standard InChI is InChI=1S/C11H14Br2O/c12-10(13)7-8-6-9(14)11(8)4-2-1-3-5-11/h7-8H,1-6H2. The Labute approximate surface area is 102 Å². The minimum atomic E-state index is 0.0328. The Morgan fingerprint density at radius 2 is 1.93 bits per heavy atom. The van der Waals surface area contributed by atoms with Crippen LogP contribution in [0.5, 0.6) is 0 Å². The van der Waals surface area contributed by atoms with E-state index in [4.69, 9.17) is 0 Å². The summed E-state index contributed by atoms with van der Waals surface area (Å²) in [4.78, 5) is 11.7. The fourth-order valence-corrected chi connectivity index (χ4v) is 3.52. The molecule has 0 aromatic carbocycles. The summed E-state index contributed by atoms with van der Waals surface area (Å²) in [5.41, 5.74) is 0.0328. The average molecular weight is 322 g/mol. The number of allylic oxidation sites excluding steroid dienone is 1. The first-order chi connectivity index (χ1) is 6.65. The molecule has 2 fully saturated rings. The second-order valence-electron chi connectivity index (χ2n) is 4.41. The van der Waals surface area contributed by atoms with E-state index in [1.54, 1.807) is 0 Å². The fraction of sp³-hybridized carbons (Fsp3) is 0.727. The Kier molecular flexibility index (Phi) is 3.18. The van der Waals surface area contributed by atoms with Gasteiger partial charge in [-0.3, -0.25) is 4.79 Å². The topological polar surface area (TPSA) is 17.1 Å². The normalized spacial score (nSPS) is 29.9. The number of Topliss-reactive ketones (excluding diaryl/α,β-unsaturated/α-hetero) is 1. The molecule has 3 heteroatoms. The minimum Gasteiger partial charge on any atom is -0.299 e. The Bertz CT molecular complexity index is 273. The third-order valence-electron chi connectivity index (χ3n) is 3.74. The summed E-state index contributed by atoms with van der Waals surface area (Å²) in [6.45, 7) is 0. The summed E-state index contributed by atoms with van der Waals surface area (Å²) in [5, 5.41) is 0. The van der Waals surface area contributed by atoms with Crippen LogP contribution in [-0.4, -0.2) is 5.78 Å². The van der Waals surface area contributed by atoms with Crippen molar-refractivity contribution < 1.29 is 4.79 Å². The van der Waals surface area contributed by atoms with Crippen LogP contribution in [0.3, 0.4) is 0 Å². The number of hydrogen-bond donors (Lipinski definition) is 0. The van der Waals surface area contributed by atoms with Gasteiger partial charge in [-0.25, -0.2) is 0 Å². The van der Waals surface area contributed by atoms with Crippen LogP contribution in [0.15, 0.2) is 9.47 Å². The molecule has 78 valence electrons. The van der Waals surface area contributed by atoms with Gasteiger partial charge in [0.05, 0.1) is 3.39 Å². The van der Waals surface area contributed by atoms with E-state index in [0.29, 0.717) is 11.7 Å². The maximum absolute atomic E-state index is 11.7. The molecule has 0 radical (unpaired) electrons. The van der Waals surface area contributed by atoms with Crippen LogP contribution < -0.4 is 0 Å². The zero-order chi connectivity index (χ0) is 10.2. The molecule has 1 spiro atoms. The first-order valence-electron chi connectivity index (χ1n) is 5.21. The van der Waals surface area contributed by atoms with Crippen LogP contribution in [0.25, 0.3) is 0 Å². The predicted molar refractivity (Wildman–Crippen MR) is 64.6 cm³/mol. The highest BCUT2D eigenvalue weighted by atomic mass is 79.9. The van der Waals surface area contributed by atoms with Gasteiger partial charge in [-0.2, -0.15) is 0 Å². The molecule has 1 atom stereocenters. The van der Waals surface area contributed by atoms with Crippen LogP contribution >= 0.6 is 31.9 Å². The average Bonchev–Trinajstić information content (AvgIpc) is 2.18. The maximum atomic E-state index is 11.7. The second-order valence-corrected chi connectivity index (χ2v) is 7.18. The first-order valence-corrected chi connectivity index (χ1v) is 6.80. The molecular formula is C11H14Br2O. The zero-order valence-electron chi connectivity index (χ0n) is 8.06. The van der Waals surface area contributed by atoms with Gasteiger partial charge in [0.1, 0.15) is 5.78 Å². The maximum Gasteiger partial charge on any atom is 0.140 e. The van der Waals surface area contributed by atoms with Crippen molar-refractivity contribution in [1.29, 1.82) is 0 Å². The van der Waals surface area contributed by atoms with Crippen molar-refractivity contribution in [2.75, 3.05) is 0 Å². The number of hydrogen-bond acceptors (Lipinski definition) is 1. The zero-order valence-corrected chi connectivity index (χ0v) is 11.2. The lowest BCUT2D eigenvalue weighted by atomic mass is 9.53. The van der Waals surface area contributed by atoms with Gasteiger partial charge in [0.15, 0.2) is 0 Å². The van der Waals surface area contributed by atoms with E-state index in [-0.39, 0.29) is 5.41 Å². The van der Waals surface area contributed by atoms with Crippen molar-refractivity contribution in [2.24, 2.45) is 11.3 Å². The van der Waals surface area contributed by atoms with Gasteiger partial charge in [-0.05, 0) is 50.6 Å². The summed E-state index contributed by atoms with van der Waals surface area (Å²) >= 11 is 6.77. The van der Waals surface area contributed by atoms with E-state index in [2.05, 4.69) is 37.9 Å². The van der Waals surface area contributed by atoms with Gasteiger partial charge >= 0.3 is 0 Å². The van der Waals surface area contributed by atoms with Gasteiger partial charge in [-0.1, -0.05) is 25.3 Å². The number of carbonyl (C=O) groups is 1. The Morgan fingerprint density at radius 3 is 2.43 bits per heavy atom. The molecule has 2 saturated carbocycles. The predicted octanol–water partition coefficient (Wildman–Crippen LogP) is 4.16. The third kappa shape index (κ3) is 1.73. The van der Waals surface area contributed by atoms with E-state index in [1.165, 1.54) is 19.3 Å². The van der Waals surface area contributed by atoms with Gasteiger partial charge in [-0.15, -0.1) is 0 Å². The van der Waals surface area contributed by atoms with E-state index < -0.39 is 0 Å². The lowest BCUT2D eigenvalue weighted by molar-refractivity contribution is -0.146. The quantitative estimate of drug-likeness (QED) is 0.709. The highest BCUT2D eigenvalue weighted by Crippen LogP contribution is 2.54. The summed E-state index contributed by atoms with van der Waals surface area (Å²) < 4.78 is 0.993. The molecular weight excluding hydrogens is 308 g/mol. The highest BCUT2D eigenvalue weighted by molar-refractivity contribution is 9.28. The molecule has 0 amide bonds. The molecule has 0 bridgehead atoms. The molecule has 0 N–H and O–H groups in total. The lowest BCUT2D eigenvalue weighted by Crippen LogP contribution is -2.50. The molecule has 2 rings (SSSR count). The van der Waals surface area contributed by atoms with E-state index >= 15 is 0 Å². The molecule has 0 aliphatic heterocycles. The molecule has 2 aliphatic carbocycles. The van der Waals surface area contributed by atoms with Crippen molar-refractivity contribution >= 4 is 37.6 Å². The van der Waals surface area contributed by atoms with Crippen LogP contribution in [0.2, 0.25) is 0 Å². The number of ketones is 1. The van der Waals surface area contributed by atoms with Crippen molar-refractivity contribution in [3.63, 3.8) is 0 Å². The second kappa shape index (κ2) is 4.09. The smallest absolute Gasteiger partial charge is 0.140 e. The molecule has 0 heterocycles. The highest BCUT2D eigenvalue weighted by Gasteiger charge is 2.53. The van der Waals surface area contributed by atoms with E-state index in [1.807, 2.05) is 0 Å². The summed E-state index contributed by atoms with van der Waals surface area (Å²) in [6.07, 6.45) is 8.90. The number of halogens is 2. The summed E-state index contributed by atoms with van der Waals surface area (Å²) in [5.74, 6) is 0.976. The SMILES string of the molecule is O=C1CC(C=C(Br)Br)C12CCCCC2. The van der Waals surface area contributed by atoms with Gasteiger partial charge in [0.25, 0.3) is 0 Å². The van der Waals surface area contributed by atoms with Crippen LogP contribution in [0.4, 0.5) is 0 Å². The van der Waals surface area contributed by atoms with Crippen molar-refractivity contribution in [3.8, 4) is 0 Å². The number of rotatable bonds is 1. The Balaban J connectivity index is 2.14. The molecule has 1 unspecified atom stereocenters.